The molecule has 1 amide bonds. The zero-order valence-electron chi connectivity index (χ0n) is 10.6. The minimum atomic E-state index is 0.164. The van der Waals surface area contributed by atoms with E-state index in [9.17, 15) is 4.79 Å². The van der Waals surface area contributed by atoms with Crippen molar-refractivity contribution in [3.8, 4) is 0 Å². The average molecular weight is 264 g/mol. The van der Waals surface area contributed by atoms with E-state index in [1.54, 1.807) is 0 Å². The van der Waals surface area contributed by atoms with Gasteiger partial charge in [0.1, 0.15) is 4.88 Å². The standard InChI is InChI=1S/C14H20N2OS/c15-11-7-9-18-13(11)14(17)16-8-3-6-12(16)10-4-1-2-5-10/h7,9-10,12H,1-6,8,15H2. The normalized spacial score (nSPS) is 24.9. The minimum Gasteiger partial charge on any atom is -0.397 e. The Morgan fingerprint density at radius 2 is 2.06 bits per heavy atom. The van der Waals surface area contributed by atoms with E-state index in [2.05, 4.69) is 4.90 Å². The van der Waals surface area contributed by atoms with Gasteiger partial charge in [0.25, 0.3) is 5.91 Å². The molecule has 1 aromatic heterocycles. The molecule has 1 aliphatic carbocycles. The molecule has 4 heteroatoms. The molecular formula is C14H20N2OS. The average Bonchev–Trinajstić information content (AvgIpc) is 3.09. The van der Waals surface area contributed by atoms with E-state index < -0.39 is 0 Å². The SMILES string of the molecule is Nc1ccsc1C(=O)N1CCCC1C1CCCC1. The molecule has 18 heavy (non-hydrogen) atoms. The molecule has 2 N–H and O–H groups in total. The number of anilines is 1. The summed E-state index contributed by atoms with van der Waals surface area (Å²) in [5.74, 6) is 0.898. The van der Waals surface area contributed by atoms with Crippen molar-refractivity contribution in [2.24, 2.45) is 5.92 Å². The maximum Gasteiger partial charge on any atom is 0.266 e. The molecule has 1 saturated carbocycles. The number of nitrogen functional groups attached to an aromatic ring is 1. The second kappa shape index (κ2) is 4.92. The van der Waals surface area contributed by atoms with Crippen molar-refractivity contribution in [3.05, 3.63) is 16.3 Å². The van der Waals surface area contributed by atoms with Crippen LogP contribution in [0.3, 0.4) is 0 Å². The van der Waals surface area contributed by atoms with E-state index in [1.165, 1.54) is 43.4 Å². The molecule has 0 spiro atoms. The number of amides is 1. The van der Waals surface area contributed by atoms with Crippen molar-refractivity contribution < 1.29 is 4.79 Å². The first kappa shape index (κ1) is 12.0. The molecular weight excluding hydrogens is 244 g/mol. The predicted octanol–water partition coefficient (Wildman–Crippen LogP) is 3.13. The van der Waals surface area contributed by atoms with Crippen LogP contribution in [0.2, 0.25) is 0 Å². The lowest BCUT2D eigenvalue weighted by atomic mass is 9.96. The van der Waals surface area contributed by atoms with Crippen molar-refractivity contribution in [2.75, 3.05) is 12.3 Å². The third-order valence-corrected chi connectivity index (χ3v) is 5.31. The van der Waals surface area contributed by atoms with E-state index in [-0.39, 0.29) is 5.91 Å². The number of carbonyl (C=O) groups excluding carboxylic acids is 1. The summed E-state index contributed by atoms with van der Waals surface area (Å²) in [7, 11) is 0. The van der Waals surface area contributed by atoms with Crippen LogP contribution in [0.1, 0.15) is 48.2 Å². The Morgan fingerprint density at radius 1 is 1.28 bits per heavy atom. The molecule has 1 aliphatic heterocycles. The molecule has 1 unspecified atom stereocenters. The van der Waals surface area contributed by atoms with Gasteiger partial charge in [-0.2, -0.15) is 0 Å². The third-order valence-electron chi connectivity index (χ3n) is 4.39. The van der Waals surface area contributed by atoms with Crippen molar-refractivity contribution >= 4 is 22.9 Å². The van der Waals surface area contributed by atoms with Gasteiger partial charge in [0, 0.05) is 12.6 Å². The largest absolute Gasteiger partial charge is 0.397 e. The topological polar surface area (TPSA) is 46.3 Å². The molecule has 2 fully saturated rings. The summed E-state index contributed by atoms with van der Waals surface area (Å²) in [6, 6.07) is 2.31. The summed E-state index contributed by atoms with van der Waals surface area (Å²) in [5.41, 5.74) is 6.51. The fourth-order valence-corrected chi connectivity index (χ4v) is 4.27. The Labute approximate surface area is 112 Å². The second-order valence-corrected chi connectivity index (χ2v) is 6.37. The number of hydrogen-bond donors (Lipinski definition) is 1. The highest BCUT2D eigenvalue weighted by atomic mass is 32.1. The summed E-state index contributed by atoms with van der Waals surface area (Å²) in [4.78, 5) is 15.4. The zero-order valence-corrected chi connectivity index (χ0v) is 11.4. The quantitative estimate of drug-likeness (QED) is 0.892. The van der Waals surface area contributed by atoms with Gasteiger partial charge < -0.3 is 10.6 Å². The van der Waals surface area contributed by atoms with Crippen LogP contribution in [0.5, 0.6) is 0 Å². The monoisotopic (exact) mass is 264 g/mol. The van der Waals surface area contributed by atoms with E-state index in [4.69, 9.17) is 5.73 Å². The van der Waals surface area contributed by atoms with Gasteiger partial charge >= 0.3 is 0 Å². The summed E-state index contributed by atoms with van der Waals surface area (Å²) < 4.78 is 0. The Balaban J connectivity index is 1.78. The lowest BCUT2D eigenvalue weighted by Gasteiger charge is -2.29. The van der Waals surface area contributed by atoms with Gasteiger partial charge in [-0.25, -0.2) is 0 Å². The van der Waals surface area contributed by atoms with Crippen molar-refractivity contribution in [1.29, 1.82) is 0 Å². The summed E-state index contributed by atoms with van der Waals surface area (Å²) in [5, 5.41) is 1.91. The van der Waals surface area contributed by atoms with Gasteiger partial charge in [0.05, 0.1) is 5.69 Å². The number of likely N-dealkylation sites (tertiary alicyclic amines) is 1. The second-order valence-electron chi connectivity index (χ2n) is 5.46. The summed E-state index contributed by atoms with van der Waals surface area (Å²) >= 11 is 1.47. The Bertz CT molecular complexity index is 437. The van der Waals surface area contributed by atoms with Gasteiger partial charge in [0.15, 0.2) is 0 Å². The Kier molecular flexibility index (Phi) is 3.29. The molecule has 0 bridgehead atoms. The van der Waals surface area contributed by atoms with Crippen LogP contribution in [-0.4, -0.2) is 23.4 Å². The maximum atomic E-state index is 12.6. The molecule has 98 valence electrons. The molecule has 3 nitrogen and oxygen atoms in total. The molecule has 2 aliphatic rings. The van der Waals surface area contributed by atoms with Gasteiger partial charge in [-0.15, -0.1) is 11.3 Å². The minimum absolute atomic E-state index is 0.164. The van der Waals surface area contributed by atoms with Gasteiger partial charge in [-0.1, -0.05) is 12.8 Å². The number of hydrogen-bond acceptors (Lipinski definition) is 3. The van der Waals surface area contributed by atoms with Crippen molar-refractivity contribution in [3.63, 3.8) is 0 Å². The first-order chi connectivity index (χ1) is 8.77. The number of nitrogens with zero attached hydrogens (tertiary/aromatic N) is 1. The molecule has 1 saturated heterocycles. The molecule has 0 radical (unpaired) electrons. The van der Waals surface area contributed by atoms with E-state index in [0.717, 1.165) is 23.8 Å². The smallest absolute Gasteiger partial charge is 0.266 e. The number of nitrogens with two attached hydrogens (primary N) is 1. The number of carbonyl (C=O) groups is 1. The maximum absolute atomic E-state index is 12.6. The number of thiophene rings is 1. The van der Waals surface area contributed by atoms with Crippen LogP contribution in [0.15, 0.2) is 11.4 Å². The van der Waals surface area contributed by atoms with E-state index in [1.807, 2.05) is 11.4 Å². The van der Waals surface area contributed by atoms with Crippen molar-refractivity contribution in [1.82, 2.24) is 4.90 Å². The highest BCUT2D eigenvalue weighted by Gasteiger charge is 2.36. The van der Waals surface area contributed by atoms with Gasteiger partial charge in [-0.05, 0) is 43.0 Å². The highest BCUT2D eigenvalue weighted by Crippen LogP contribution is 2.36. The summed E-state index contributed by atoms with van der Waals surface area (Å²) in [6.45, 7) is 0.914. The zero-order chi connectivity index (χ0) is 12.5. The molecule has 0 aromatic carbocycles. The molecule has 3 rings (SSSR count). The molecule has 1 aromatic rings. The van der Waals surface area contributed by atoms with Crippen molar-refractivity contribution in [2.45, 2.75) is 44.6 Å². The summed E-state index contributed by atoms with van der Waals surface area (Å²) in [6.07, 6.45) is 7.61. The third kappa shape index (κ3) is 2.03. The van der Waals surface area contributed by atoms with Crippen LogP contribution in [0.25, 0.3) is 0 Å². The fourth-order valence-electron chi connectivity index (χ4n) is 3.50. The van der Waals surface area contributed by atoms with E-state index in [0.29, 0.717) is 11.7 Å². The van der Waals surface area contributed by atoms with Gasteiger partial charge in [0.2, 0.25) is 0 Å². The fraction of sp³-hybridized carbons (Fsp3) is 0.643. The van der Waals surface area contributed by atoms with Crippen LogP contribution >= 0.6 is 11.3 Å². The van der Waals surface area contributed by atoms with Gasteiger partial charge in [-0.3, -0.25) is 4.79 Å². The highest BCUT2D eigenvalue weighted by molar-refractivity contribution is 7.12. The van der Waals surface area contributed by atoms with Crippen LogP contribution in [0, 0.1) is 5.92 Å². The van der Waals surface area contributed by atoms with Crippen LogP contribution < -0.4 is 5.73 Å². The first-order valence-electron chi connectivity index (χ1n) is 6.91. The van der Waals surface area contributed by atoms with E-state index >= 15 is 0 Å². The Hall–Kier alpha value is -1.03. The molecule has 2 heterocycles. The molecule has 1 atom stereocenters. The van der Waals surface area contributed by atoms with Crippen LogP contribution in [-0.2, 0) is 0 Å². The predicted molar refractivity (Wildman–Crippen MR) is 74.7 cm³/mol. The lowest BCUT2D eigenvalue weighted by molar-refractivity contribution is 0.0695. The lowest BCUT2D eigenvalue weighted by Crippen LogP contribution is -2.39. The number of rotatable bonds is 2. The Morgan fingerprint density at radius 3 is 2.72 bits per heavy atom. The first-order valence-corrected chi connectivity index (χ1v) is 7.79. The van der Waals surface area contributed by atoms with Crippen LogP contribution in [0.4, 0.5) is 5.69 Å².